The standard InChI is InChI=1S/C25H31ClN2O5S/c1-14-11-16(3)27-24(29)20(14)13-28-8-5-18-15(2)12-19(22(26)21(18)25(28)30)23(33-4)17-6-9-34(31,32)10-7-17/h11-12,17,23H,5-10,13H2,1-4H3,(H,27,29). The zero-order valence-electron chi connectivity index (χ0n) is 20.0. The van der Waals surface area contributed by atoms with E-state index in [4.69, 9.17) is 16.3 Å². The van der Waals surface area contributed by atoms with Gasteiger partial charge >= 0.3 is 0 Å². The number of methoxy groups -OCH3 is 1. The first-order valence-electron chi connectivity index (χ1n) is 11.6. The molecule has 1 unspecified atom stereocenters. The van der Waals surface area contributed by atoms with E-state index in [0.29, 0.717) is 42.0 Å². The zero-order valence-corrected chi connectivity index (χ0v) is 21.6. The van der Waals surface area contributed by atoms with Crippen LogP contribution in [0.5, 0.6) is 0 Å². The van der Waals surface area contributed by atoms with E-state index in [1.807, 2.05) is 32.9 Å². The van der Waals surface area contributed by atoms with Crippen molar-refractivity contribution < 1.29 is 17.9 Å². The number of carbonyl (C=O) groups excluding carboxylic acids is 1. The highest BCUT2D eigenvalue weighted by Gasteiger charge is 2.36. The third-order valence-electron chi connectivity index (χ3n) is 7.19. The Morgan fingerprint density at radius 3 is 2.44 bits per heavy atom. The van der Waals surface area contributed by atoms with Crippen LogP contribution >= 0.6 is 11.6 Å². The average Bonchev–Trinajstić information content (AvgIpc) is 2.76. The van der Waals surface area contributed by atoms with Gasteiger partial charge in [-0.25, -0.2) is 8.42 Å². The van der Waals surface area contributed by atoms with Crippen molar-refractivity contribution in [3.05, 3.63) is 66.6 Å². The number of aromatic nitrogens is 1. The van der Waals surface area contributed by atoms with Crippen LogP contribution in [-0.4, -0.2) is 49.4 Å². The third kappa shape index (κ3) is 4.68. The summed E-state index contributed by atoms with van der Waals surface area (Å²) in [4.78, 5) is 30.6. The molecule has 2 aliphatic heterocycles. The number of halogens is 1. The second kappa shape index (κ2) is 9.47. The van der Waals surface area contributed by atoms with Crippen molar-refractivity contribution in [3.63, 3.8) is 0 Å². The highest BCUT2D eigenvalue weighted by atomic mass is 35.5. The number of pyridine rings is 1. The van der Waals surface area contributed by atoms with Crippen molar-refractivity contribution in [3.8, 4) is 0 Å². The zero-order chi connectivity index (χ0) is 24.8. The summed E-state index contributed by atoms with van der Waals surface area (Å²) in [5.41, 5.74) is 5.11. The number of H-pyrrole nitrogens is 1. The molecule has 3 heterocycles. The number of benzene rings is 1. The van der Waals surface area contributed by atoms with Crippen LogP contribution in [0.25, 0.3) is 0 Å². The second-order valence-corrected chi connectivity index (χ2v) is 12.2. The lowest BCUT2D eigenvalue weighted by Gasteiger charge is -2.34. The fourth-order valence-electron chi connectivity index (χ4n) is 5.32. The molecule has 9 heteroatoms. The number of sulfone groups is 1. The predicted molar refractivity (Wildman–Crippen MR) is 132 cm³/mol. The predicted octanol–water partition coefficient (Wildman–Crippen LogP) is 3.66. The molecule has 1 amide bonds. The van der Waals surface area contributed by atoms with Crippen LogP contribution in [0.3, 0.4) is 0 Å². The summed E-state index contributed by atoms with van der Waals surface area (Å²) in [6.45, 7) is 6.40. The van der Waals surface area contributed by atoms with Crippen LogP contribution in [-0.2, 0) is 27.5 Å². The van der Waals surface area contributed by atoms with Crippen molar-refractivity contribution in [1.29, 1.82) is 0 Å². The first-order chi connectivity index (χ1) is 16.0. The number of aromatic amines is 1. The lowest BCUT2D eigenvalue weighted by atomic mass is 9.85. The van der Waals surface area contributed by atoms with E-state index in [0.717, 1.165) is 27.9 Å². The minimum atomic E-state index is -3.01. The molecule has 1 aromatic heterocycles. The summed E-state index contributed by atoms with van der Waals surface area (Å²) in [6, 6.07) is 3.89. The molecular formula is C25H31ClN2O5S. The molecule has 0 spiro atoms. The number of nitrogens with zero attached hydrogens (tertiary/aromatic N) is 1. The molecule has 1 atom stereocenters. The fraction of sp³-hybridized carbons (Fsp3) is 0.520. The van der Waals surface area contributed by atoms with Crippen LogP contribution in [0.2, 0.25) is 5.02 Å². The monoisotopic (exact) mass is 506 g/mol. The molecule has 184 valence electrons. The Labute approximate surface area is 205 Å². The Hall–Kier alpha value is -2.16. The number of aryl methyl sites for hydroxylation is 3. The summed E-state index contributed by atoms with van der Waals surface area (Å²) >= 11 is 6.88. The van der Waals surface area contributed by atoms with Gasteiger partial charge in [-0.3, -0.25) is 9.59 Å². The van der Waals surface area contributed by atoms with Gasteiger partial charge in [0.2, 0.25) is 0 Å². The highest BCUT2D eigenvalue weighted by Crippen LogP contribution is 2.41. The Kier molecular flexibility index (Phi) is 6.95. The van der Waals surface area contributed by atoms with E-state index in [2.05, 4.69) is 4.98 Å². The molecule has 2 aliphatic rings. The van der Waals surface area contributed by atoms with Gasteiger partial charge in [-0.2, -0.15) is 0 Å². The van der Waals surface area contributed by atoms with E-state index < -0.39 is 15.9 Å². The smallest absolute Gasteiger partial charge is 0.255 e. The van der Waals surface area contributed by atoms with E-state index in [-0.39, 0.29) is 35.4 Å². The van der Waals surface area contributed by atoms with Gasteiger partial charge in [0.15, 0.2) is 0 Å². The van der Waals surface area contributed by atoms with Crippen LogP contribution in [0.15, 0.2) is 16.9 Å². The van der Waals surface area contributed by atoms with Gasteiger partial charge in [-0.1, -0.05) is 17.7 Å². The number of hydrogen-bond acceptors (Lipinski definition) is 5. The number of fused-ring (bicyclic) bond motifs is 1. The lowest BCUT2D eigenvalue weighted by Crippen LogP contribution is -2.39. The van der Waals surface area contributed by atoms with Gasteiger partial charge in [0.25, 0.3) is 11.5 Å². The summed E-state index contributed by atoms with van der Waals surface area (Å²) in [6.07, 6.45) is 1.26. The molecule has 1 aromatic carbocycles. The van der Waals surface area contributed by atoms with Gasteiger partial charge < -0.3 is 14.6 Å². The lowest BCUT2D eigenvalue weighted by molar-refractivity contribution is 0.0467. The summed E-state index contributed by atoms with van der Waals surface area (Å²) in [7, 11) is -1.41. The topological polar surface area (TPSA) is 96.5 Å². The Bertz CT molecular complexity index is 1290. The van der Waals surface area contributed by atoms with E-state index in [1.165, 1.54) is 0 Å². The normalized spacial score (nSPS) is 19.2. The van der Waals surface area contributed by atoms with Crippen LogP contribution in [0.1, 0.15) is 62.8 Å². The van der Waals surface area contributed by atoms with Crippen molar-refractivity contribution in [2.75, 3.05) is 25.2 Å². The van der Waals surface area contributed by atoms with Crippen LogP contribution in [0, 0.1) is 26.7 Å². The van der Waals surface area contributed by atoms with Gasteiger partial charge in [-0.15, -0.1) is 0 Å². The van der Waals surface area contributed by atoms with Crippen molar-refractivity contribution in [2.24, 2.45) is 5.92 Å². The molecule has 1 fully saturated rings. The van der Waals surface area contributed by atoms with Crippen LogP contribution < -0.4 is 5.56 Å². The summed E-state index contributed by atoms with van der Waals surface area (Å²) in [5, 5.41) is 0.366. The molecule has 0 saturated carbocycles. The Balaban J connectivity index is 1.68. The van der Waals surface area contributed by atoms with E-state index in [1.54, 1.807) is 12.0 Å². The molecule has 7 nitrogen and oxygen atoms in total. The van der Waals surface area contributed by atoms with Crippen molar-refractivity contribution in [1.82, 2.24) is 9.88 Å². The maximum absolute atomic E-state index is 13.6. The van der Waals surface area contributed by atoms with Crippen molar-refractivity contribution in [2.45, 2.75) is 52.7 Å². The summed E-state index contributed by atoms with van der Waals surface area (Å²) < 4.78 is 29.6. The van der Waals surface area contributed by atoms with Gasteiger partial charge in [0.1, 0.15) is 9.84 Å². The van der Waals surface area contributed by atoms with Gasteiger partial charge in [-0.05, 0) is 68.7 Å². The van der Waals surface area contributed by atoms with Gasteiger partial charge in [0, 0.05) is 30.5 Å². The summed E-state index contributed by atoms with van der Waals surface area (Å²) in [5.74, 6) is 0.0793. The Morgan fingerprint density at radius 2 is 1.82 bits per heavy atom. The number of hydrogen-bond donors (Lipinski definition) is 1. The minimum Gasteiger partial charge on any atom is -0.376 e. The molecule has 34 heavy (non-hydrogen) atoms. The first kappa shape index (κ1) is 24.9. The van der Waals surface area contributed by atoms with E-state index >= 15 is 0 Å². The maximum Gasteiger partial charge on any atom is 0.255 e. The molecule has 0 aliphatic carbocycles. The molecule has 4 rings (SSSR count). The number of nitrogens with one attached hydrogen (secondary N) is 1. The fourth-order valence-corrected chi connectivity index (χ4v) is 7.21. The average molecular weight is 507 g/mol. The molecule has 0 radical (unpaired) electrons. The number of amides is 1. The Morgan fingerprint density at radius 1 is 1.15 bits per heavy atom. The third-order valence-corrected chi connectivity index (χ3v) is 9.31. The minimum absolute atomic E-state index is 0.00652. The van der Waals surface area contributed by atoms with Gasteiger partial charge in [0.05, 0.1) is 34.7 Å². The van der Waals surface area contributed by atoms with Crippen molar-refractivity contribution >= 4 is 27.3 Å². The largest absolute Gasteiger partial charge is 0.376 e. The number of rotatable bonds is 5. The molecule has 0 bridgehead atoms. The quantitative estimate of drug-likeness (QED) is 0.667. The molecular weight excluding hydrogens is 476 g/mol. The maximum atomic E-state index is 13.6. The first-order valence-corrected chi connectivity index (χ1v) is 13.8. The van der Waals surface area contributed by atoms with E-state index in [9.17, 15) is 18.0 Å². The molecule has 1 N–H and O–H groups in total. The number of carbonyl (C=O) groups is 1. The molecule has 2 aromatic rings. The number of ether oxygens (including phenoxy) is 1. The SMILES string of the molecule is COC(c1cc(C)c2c(c1Cl)C(=O)N(Cc1c(C)cc(C)[nH]c1=O)CC2)C1CCS(=O)(=O)CC1. The molecule has 1 saturated heterocycles. The second-order valence-electron chi connectivity index (χ2n) is 9.52. The van der Waals surface area contributed by atoms with Crippen LogP contribution in [0.4, 0.5) is 0 Å². The highest BCUT2D eigenvalue weighted by molar-refractivity contribution is 7.91.